The third-order valence-electron chi connectivity index (χ3n) is 2.61. The lowest BCUT2D eigenvalue weighted by molar-refractivity contribution is -0.155. The molecule has 2 N–H and O–H groups in total. The Bertz CT molecular complexity index is 555. The molecule has 0 spiro atoms. The van der Waals surface area contributed by atoms with E-state index >= 15 is 0 Å². The maximum atomic E-state index is 12.5. The second-order valence-corrected chi connectivity index (χ2v) is 6.67. The zero-order valence-corrected chi connectivity index (χ0v) is 14.7. The molecule has 0 aliphatic rings. The van der Waals surface area contributed by atoms with Gasteiger partial charge in [0.25, 0.3) is 0 Å². The molecule has 0 radical (unpaired) electrons. The highest BCUT2D eigenvalue weighted by Gasteiger charge is 2.31. The number of halogens is 1. The van der Waals surface area contributed by atoms with E-state index in [9.17, 15) is 14.7 Å². The van der Waals surface area contributed by atoms with E-state index in [0.717, 1.165) is 6.42 Å². The number of ketones is 1. The molecule has 122 valence electrons. The van der Waals surface area contributed by atoms with Crippen LogP contribution in [-0.4, -0.2) is 40.0 Å². The number of aromatic hydroxyl groups is 1. The van der Waals surface area contributed by atoms with Gasteiger partial charge >= 0.3 is 5.97 Å². The number of carbonyl (C=O) groups is 2. The Morgan fingerprint density at radius 1 is 1.45 bits per heavy atom. The Hall–Kier alpha value is -1.47. The maximum absolute atomic E-state index is 12.5. The second kappa shape index (κ2) is 7.69. The predicted octanol–water partition coefficient (Wildman–Crippen LogP) is 2.44. The highest BCUT2D eigenvalue weighted by Crippen LogP contribution is 2.22. The summed E-state index contributed by atoms with van der Waals surface area (Å²) in [6, 6.07) is 0.327. The van der Waals surface area contributed by atoms with E-state index in [0.29, 0.717) is 6.54 Å². The summed E-state index contributed by atoms with van der Waals surface area (Å²) >= 11 is 3.10. The van der Waals surface area contributed by atoms with Crippen molar-refractivity contribution in [2.24, 2.45) is 0 Å². The maximum Gasteiger partial charge on any atom is 0.331 e. The molecule has 0 aliphatic carbocycles. The SMILES string of the molecule is CCCNC(C(=O)OC(C)(C)C)C(=O)c1cnc(O)c(Br)c1. The zero-order chi connectivity index (χ0) is 16.9. The van der Waals surface area contributed by atoms with Crippen LogP contribution in [0.5, 0.6) is 5.88 Å². The lowest BCUT2D eigenvalue weighted by Gasteiger charge is -2.24. The summed E-state index contributed by atoms with van der Waals surface area (Å²) in [5.74, 6) is -1.29. The van der Waals surface area contributed by atoms with E-state index in [2.05, 4.69) is 26.2 Å². The third-order valence-corrected chi connectivity index (χ3v) is 3.19. The van der Waals surface area contributed by atoms with Gasteiger partial charge in [-0.05, 0) is 55.7 Å². The van der Waals surface area contributed by atoms with E-state index in [1.165, 1.54) is 12.3 Å². The van der Waals surface area contributed by atoms with Gasteiger partial charge in [0.2, 0.25) is 5.88 Å². The highest BCUT2D eigenvalue weighted by molar-refractivity contribution is 9.10. The molecule has 6 nitrogen and oxygen atoms in total. The quantitative estimate of drug-likeness (QED) is 0.452. The topological polar surface area (TPSA) is 88.5 Å². The Morgan fingerprint density at radius 3 is 2.59 bits per heavy atom. The Balaban J connectivity index is 3.01. The van der Waals surface area contributed by atoms with E-state index in [-0.39, 0.29) is 15.9 Å². The minimum Gasteiger partial charge on any atom is -0.492 e. The standard InChI is InChI=1S/C15H21BrN2O4/c1-5-6-17-11(14(21)22-15(2,3)4)12(19)9-7-10(16)13(20)18-8-9/h7-8,11,17H,5-6H2,1-4H3,(H,18,20). The molecule has 1 heterocycles. The Kier molecular flexibility index (Phi) is 6.49. The molecule has 0 fully saturated rings. The zero-order valence-electron chi connectivity index (χ0n) is 13.1. The van der Waals surface area contributed by atoms with E-state index in [4.69, 9.17) is 4.74 Å². The fourth-order valence-corrected chi connectivity index (χ4v) is 2.01. The molecule has 0 aliphatic heterocycles. The van der Waals surface area contributed by atoms with Crippen molar-refractivity contribution in [2.75, 3.05) is 6.54 Å². The predicted molar refractivity (Wildman–Crippen MR) is 85.9 cm³/mol. The van der Waals surface area contributed by atoms with Crippen molar-refractivity contribution in [1.82, 2.24) is 10.3 Å². The van der Waals surface area contributed by atoms with Gasteiger partial charge in [-0.3, -0.25) is 10.1 Å². The van der Waals surface area contributed by atoms with Gasteiger partial charge < -0.3 is 9.84 Å². The van der Waals surface area contributed by atoms with Crippen molar-refractivity contribution in [3.63, 3.8) is 0 Å². The largest absolute Gasteiger partial charge is 0.492 e. The molecule has 1 atom stereocenters. The number of rotatable bonds is 6. The lowest BCUT2D eigenvalue weighted by atomic mass is 10.1. The Morgan fingerprint density at radius 2 is 2.09 bits per heavy atom. The molecule has 1 unspecified atom stereocenters. The van der Waals surface area contributed by atoms with Crippen molar-refractivity contribution >= 4 is 27.7 Å². The molecule has 0 saturated heterocycles. The van der Waals surface area contributed by atoms with Crippen LogP contribution in [-0.2, 0) is 9.53 Å². The first-order valence-corrected chi connectivity index (χ1v) is 7.80. The normalized spacial score (nSPS) is 12.8. The number of aromatic nitrogens is 1. The smallest absolute Gasteiger partial charge is 0.331 e. The highest BCUT2D eigenvalue weighted by atomic mass is 79.9. The molecule has 0 aromatic carbocycles. The fourth-order valence-electron chi connectivity index (χ4n) is 1.66. The molecule has 0 bridgehead atoms. The van der Waals surface area contributed by atoms with Gasteiger partial charge in [-0.2, -0.15) is 0 Å². The number of hydrogen-bond donors (Lipinski definition) is 2. The molecule has 22 heavy (non-hydrogen) atoms. The summed E-state index contributed by atoms with van der Waals surface area (Å²) in [5, 5.41) is 12.3. The number of nitrogens with zero attached hydrogens (tertiary/aromatic N) is 1. The van der Waals surface area contributed by atoms with Crippen LogP contribution in [0, 0.1) is 0 Å². The van der Waals surface area contributed by atoms with E-state index in [1.807, 2.05) is 6.92 Å². The van der Waals surface area contributed by atoms with Gasteiger partial charge in [0.15, 0.2) is 11.8 Å². The molecule has 0 saturated carbocycles. The molecule has 0 amide bonds. The number of pyridine rings is 1. The Labute approximate surface area is 138 Å². The van der Waals surface area contributed by atoms with Gasteiger partial charge in [0.1, 0.15) is 5.60 Å². The van der Waals surface area contributed by atoms with Crippen LogP contribution in [0.3, 0.4) is 0 Å². The summed E-state index contributed by atoms with van der Waals surface area (Å²) in [6.45, 7) is 7.66. The average Bonchev–Trinajstić information content (AvgIpc) is 2.40. The summed E-state index contributed by atoms with van der Waals surface area (Å²) < 4.78 is 5.58. The van der Waals surface area contributed by atoms with E-state index in [1.54, 1.807) is 20.8 Å². The minimum atomic E-state index is -1.10. The van der Waals surface area contributed by atoms with Gasteiger partial charge in [0.05, 0.1) is 4.47 Å². The number of nitrogens with one attached hydrogen (secondary N) is 1. The van der Waals surface area contributed by atoms with Crippen molar-refractivity contribution in [3.05, 3.63) is 22.3 Å². The van der Waals surface area contributed by atoms with Gasteiger partial charge in [-0.15, -0.1) is 0 Å². The third kappa shape index (κ3) is 5.38. The first kappa shape index (κ1) is 18.6. The monoisotopic (exact) mass is 372 g/mol. The molecule has 1 aromatic rings. The van der Waals surface area contributed by atoms with Crippen LogP contribution in [0.15, 0.2) is 16.7 Å². The summed E-state index contributed by atoms with van der Waals surface area (Å²) in [6.07, 6.45) is 2.00. The van der Waals surface area contributed by atoms with Crippen molar-refractivity contribution in [3.8, 4) is 5.88 Å². The minimum absolute atomic E-state index is 0.212. The molecular weight excluding hydrogens is 352 g/mol. The van der Waals surface area contributed by atoms with Crippen LogP contribution in [0.25, 0.3) is 0 Å². The van der Waals surface area contributed by atoms with Gasteiger partial charge in [-0.1, -0.05) is 6.92 Å². The summed E-state index contributed by atoms with van der Waals surface area (Å²) in [4.78, 5) is 28.5. The number of Topliss-reactive ketones (excluding diaryl/α,β-unsaturated/α-hetero) is 1. The number of esters is 1. The second-order valence-electron chi connectivity index (χ2n) is 5.81. The van der Waals surface area contributed by atoms with Crippen LogP contribution >= 0.6 is 15.9 Å². The molecular formula is C15H21BrN2O4. The first-order valence-electron chi connectivity index (χ1n) is 7.00. The average molecular weight is 373 g/mol. The van der Waals surface area contributed by atoms with Crippen LogP contribution in [0.2, 0.25) is 0 Å². The molecule has 1 rings (SSSR count). The lowest BCUT2D eigenvalue weighted by Crippen LogP contribution is -2.47. The van der Waals surface area contributed by atoms with Gasteiger partial charge in [0, 0.05) is 11.8 Å². The van der Waals surface area contributed by atoms with Crippen molar-refractivity contribution < 1.29 is 19.4 Å². The summed E-state index contributed by atoms with van der Waals surface area (Å²) in [7, 11) is 0. The fraction of sp³-hybridized carbons (Fsp3) is 0.533. The van der Waals surface area contributed by atoms with Crippen molar-refractivity contribution in [1.29, 1.82) is 0 Å². The van der Waals surface area contributed by atoms with Crippen LogP contribution < -0.4 is 5.32 Å². The van der Waals surface area contributed by atoms with Crippen LogP contribution in [0.4, 0.5) is 0 Å². The molecule has 7 heteroatoms. The number of ether oxygens (including phenoxy) is 1. The van der Waals surface area contributed by atoms with Gasteiger partial charge in [-0.25, -0.2) is 9.78 Å². The first-order chi connectivity index (χ1) is 10.2. The van der Waals surface area contributed by atoms with Crippen LogP contribution in [0.1, 0.15) is 44.5 Å². The molecule has 1 aromatic heterocycles. The number of carbonyl (C=O) groups excluding carboxylic acids is 2. The van der Waals surface area contributed by atoms with Crippen molar-refractivity contribution in [2.45, 2.75) is 45.8 Å². The summed E-state index contributed by atoms with van der Waals surface area (Å²) in [5.41, 5.74) is -0.471. The number of hydrogen-bond acceptors (Lipinski definition) is 6. The van der Waals surface area contributed by atoms with E-state index < -0.39 is 23.4 Å².